The molecule has 0 saturated carbocycles. The number of benzene rings is 3. The van der Waals surface area contributed by atoms with Gasteiger partial charge in [0, 0.05) is 24.3 Å². The van der Waals surface area contributed by atoms with Gasteiger partial charge in [0.2, 0.25) is 10.0 Å². The number of anilines is 1. The normalized spacial score (nSPS) is 14.8. The molecule has 3 aromatic rings. The van der Waals surface area contributed by atoms with E-state index in [-0.39, 0.29) is 28.6 Å². The molecule has 1 fully saturated rings. The van der Waals surface area contributed by atoms with Gasteiger partial charge in [-0.05, 0) is 41.8 Å². The van der Waals surface area contributed by atoms with Crippen molar-refractivity contribution >= 4 is 33.2 Å². The van der Waals surface area contributed by atoms with Crippen molar-refractivity contribution in [2.75, 3.05) is 31.6 Å². The third-order valence-corrected chi connectivity index (χ3v) is 7.66. The summed E-state index contributed by atoms with van der Waals surface area (Å²) in [7, 11) is -3.83. The average molecular weight is 471 g/mol. The van der Waals surface area contributed by atoms with Gasteiger partial charge in [-0.3, -0.25) is 4.79 Å². The smallest absolute Gasteiger partial charge is 0.255 e. The summed E-state index contributed by atoms with van der Waals surface area (Å²) < 4.78 is 32.7. The van der Waals surface area contributed by atoms with E-state index in [1.165, 1.54) is 22.5 Å². The number of carbonyl (C=O) groups excluding carboxylic acids is 1. The summed E-state index contributed by atoms with van der Waals surface area (Å²) >= 11 is 6.21. The lowest BCUT2D eigenvalue weighted by molar-refractivity contribution is 0.0730. The Morgan fingerprint density at radius 1 is 0.969 bits per heavy atom. The minimum Gasteiger partial charge on any atom is -0.379 e. The Balaban J connectivity index is 1.58. The van der Waals surface area contributed by atoms with E-state index in [0.717, 1.165) is 11.1 Å². The van der Waals surface area contributed by atoms with E-state index >= 15 is 0 Å². The summed E-state index contributed by atoms with van der Waals surface area (Å²) in [6.45, 7) is 1.16. The number of amides is 1. The van der Waals surface area contributed by atoms with Crippen molar-refractivity contribution in [1.82, 2.24) is 4.31 Å². The first-order valence-corrected chi connectivity index (χ1v) is 12.1. The summed E-state index contributed by atoms with van der Waals surface area (Å²) in [5.41, 5.74) is 2.98. The van der Waals surface area contributed by atoms with Crippen molar-refractivity contribution in [3.63, 3.8) is 0 Å². The molecule has 0 unspecified atom stereocenters. The Bertz CT molecular complexity index is 1210. The number of nitrogens with one attached hydrogen (secondary N) is 1. The van der Waals surface area contributed by atoms with E-state index in [2.05, 4.69) is 5.32 Å². The van der Waals surface area contributed by atoms with Crippen LogP contribution in [0.25, 0.3) is 0 Å². The summed E-state index contributed by atoms with van der Waals surface area (Å²) in [5, 5.41) is 3.00. The SMILES string of the molecule is O=C(Nc1ccccc1Cc1ccccc1)c1ccc(Cl)c(S(=O)(=O)N2CCOCC2)c1. The van der Waals surface area contributed by atoms with Gasteiger partial charge in [-0.25, -0.2) is 8.42 Å². The number of carbonyl (C=O) groups is 1. The van der Waals surface area contributed by atoms with E-state index in [1.807, 2.05) is 54.6 Å². The zero-order chi connectivity index (χ0) is 22.6. The second-order valence-corrected chi connectivity index (χ2v) is 9.75. The third-order valence-electron chi connectivity index (χ3n) is 5.28. The molecule has 3 aromatic carbocycles. The Hall–Kier alpha value is -2.71. The maximum atomic E-state index is 13.1. The fourth-order valence-electron chi connectivity index (χ4n) is 3.57. The van der Waals surface area contributed by atoms with E-state index in [9.17, 15) is 13.2 Å². The van der Waals surface area contributed by atoms with Crippen LogP contribution in [0.5, 0.6) is 0 Å². The second kappa shape index (κ2) is 9.83. The molecule has 4 rings (SSSR count). The second-order valence-electron chi connectivity index (χ2n) is 7.44. The van der Waals surface area contributed by atoms with Gasteiger partial charge >= 0.3 is 0 Å². The topological polar surface area (TPSA) is 75.7 Å². The largest absolute Gasteiger partial charge is 0.379 e. The molecule has 32 heavy (non-hydrogen) atoms. The van der Waals surface area contributed by atoms with Crippen LogP contribution in [-0.4, -0.2) is 44.9 Å². The van der Waals surface area contributed by atoms with Crippen molar-refractivity contribution in [2.24, 2.45) is 0 Å². The van der Waals surface area contributed by atoms with E-state index in [1.54, 1.807) is 0 Å². The summed E-state index contributed by atoms with van der Waals surface area (Å²) in [6.07, 6.45) is 0.661. The van der Waals surface area contributed by atoms with Crippen LogP contribution in [0.2, 0.25) is 5.02 Å². The highest BCUT2D eigenvalue weighted by atomic mass is 35.5. The third kappa shape index (κ3) is 5.02. The highest BCUT2D eigenvalue weighted by Crippen LogP contribution is 2.27. The summed E-state index contributed by atoms with van der Waals surface area (Å²) in [5.74, 6) is -0.402. The molecule has 0 aliphatic carbocycles. The molecule has 166 valence electrons. The fraction of sp³-hybridized carbons (Fsp3) is 0.208. The maximum absolute atomic E-state index is 13.1. The number of halogens is 1. The molecule has 8 heteroatoms. The highest BCUT2D eigenvalue weighted by molar-refractivity contribution is 7.89. The lowest BCUT2D eigenvalue weighted by Gasteiger charge is -2.26. The van der Waals surface area contributed by atoms with Gasteiger partial charge in [0.05, 0.1) is 18.2 Å². The molecule has 1 amide bonds. The first kappa shape index (κ1) is 22.5. The Kier molecular flexibility index (Phi) is 6.91. The molecule has 1 N–H and O–H groups in total. The van der Waals surface area contributed by atoms with Crippen LogP contribution >= 0.6 is 11.6 Å². The minimum absolute atomic E-state index is 0.0775. The lowest BCUT2D eigenvalue weighted by Crippen LogP contribution is -2.40. The van der Waals surface area contributed by atoms with Gasteiger partial charge in [0.25, 0.3) is 5.91 Å². The van der Waals surface area contributed by atoms with Crippen molar-refractivity contribution in [3.8, 4) is 0 Å². The minimum atomic E-state index is -3.83. The standard InChI is InChI=1S/C24H23ClN2O4S/c25-21-11-10-20(17-23(21)32(29,30)27-12-14-31-15-13-27)24(28)26-22-9-5-4-8-19(22)16-18-6-2-1-3-7-18/h1-11,17H,12-16H2,(H,26,28). The fourth-order valence-corrected chi connectivity index (χ4v) is 5.48. The van der Waals surface area contributed by atoms with Crippen molar-refractivity contribution in [2.45, 2.75) is 11.3 Å². The number of hydrogen-bond donors (Lipinski definition) is 1. The number of ether oxygens (including phenoxy) is 1. The van der Waals surface area contributed by atoms with Crippen molar-refractivity contribution in [1.29, 1.82) is 0 Å². The van der Waals surface area contributed by atoms with E-state index in [4.69, 9.17) is 16.3 Å². The molecule has 1 saturated heterocycles. The first-order chi connectivity index (χ1) is 15.4. The highest BCUT2D eigenvalue weighted by Gasteiger charge is 2.29. The quantitative estimate of drug-likeness (QED) is 0.585. The van der Waals surface area contributed by atoms with Crippen LogP contribution in [0.3, 0.4) is 0 Å². The number of nitrogens with zero attached hydrogens (tertiary/aromatic N) is 1. The Labute approximate surface area is 192 Å². The maximum Gasteiger partial charge on any atom is 0.255 e. The molecule has 1 aliphatic rings. The Morgan fingerprint density at radius 3 is 2.41 bits per heavy atom. The van der Waals surface area contributed by atoms with Crippen LogP contribution in [0.1, 0.15) is 21.5 Å². The zero-order valence-corrected chi connectivity index (χ0v) is 18.9. The molecular formula is C24H23ClN2O4S. The lowest BCUT2D eigenvalue weighted by atomic mass is 10.0. The molecule has 1 aliphatic heterocycles. The summed E-state index contributed by atoms with van der Waals surface area (Å²) in [6, 6.07) is 21.8. The van der Waals surface area contributed by atoms with Crippen LogP contribution in [-0.2, 0) is 21.2 Å². The van der Waals surface area contributed by atoms with Crippen LogP contribution in [0.15, 0.2) is 77.7 Å². The van der Waals surface area contributed by atoms with E-state index < -0.39 is 15.9 Å². The van der Waals surface area contributed by atoms with Crippen molar-refractivity contribution < 1.29 is 17.9 Å². The van der Waals surface area contributed by atoms with Crippen LogP contribution in [0.4, 0.5) is 5.69 Å². The summed E-state index contributed by atoms with van der Waals surface area (Å²) in [4.78, 5) is 12.9. The van der Waals surface area contributed by atoms with Gasteiger partial charge in [0.1, 0.15) is 4.90 Å². The molecule has 0 aromatic heterocycles. The van der Waals surface area contributed by atoms with Crippen LogP contribution in [0, 0.1) is 0 Å². The first-order valence-electron chi connectivity index (χ1n) is 10.3. The molecule has 0 spiro atoms. The molecule has 0 atom stereocenters. The van der Waals surface area contributed by atoms with Gasteiger partial charge in [-0.2, -0.15) is 4.31 Å². The van der Waals surface area contributed by atoms with Gasteiger partial charge in [-0.1, -0.05) is 60.1 Å². The predicted octanol–water partition coefficient (Wildman–Crippen LogP) is 4.20. The number of para-hydroxylation sites is 1. The number of rotatable bonds is 6. The van der Waals surface area contributed by atoms with Gasteiger partial charge < -0.3 is 10.1 Å². The molecule has 0 bridgehead atoms. The average Bonchev–Trinajstić information content (AvgIpc) is 2.82. The predicted molar refractivity (Wildman–Crippen MR) is 125 cm³/mol. The number of sulfonamides is 1. The van der Waals surface area contributed by atoms with Gasteiger partial charge in [0.15, 0.2) is 0 Å². The monoisotopic (exact) mass is 470 g/mol. The zero-order valence-electron chi connectivity index (χ0n) is 17.3. The van der Waals surface area contributed by atoms with E-state index in [0.29, 0.717) is 25.3 Å². The van der Waals surface area contributed by atoms with Crippen molar-refractivity contribution in [3.05, 3.63) is 94.5 Å². The molecule has 0 radical (unpaired) electrons. The molecule has 1 heterocycles. The van der Waals surface area contributed by atoms with Gasteiger partial charge in [-0.15, -0.1) is 0 Å². The Morgan fingerprint density at radius 2 is 1.66 bits per heavy atom. The molecule has 6 nitrogen and oxygen atoms in total. The number of hydrogen-bond acceptors (Lipinski definition) is 4. The van der Waals surface area contributed by atoms with Crippen LogP contribution < -0.4 is 5.32 Å². The number of morpholine rings is 1. The molecular weight excluding hydrogens is 448 g/mol.